The molecule has 9 heteroatoms. The number of carbonyl (C=O) groups excluding carboxylic acids is 1. The van der Waals surface area contributed by atoms with E-state index in [1.165, 1.54) is 36.5 Å². The number of amides is 2. The normalized spacial score (nSPS) is 10.6. The van der Waals surface area contributed by atoms with Crippen LogP contribution in [0.2, 0.25) is 0 Å². The Kier molecular flexibility index (Phi) is 5.07. The number of pyridine rings is 1. The molecule has 154 valence electrons. The molecule has 4 aromatic rings. The quantitative estimate of drug-likeness (QED) is 0.288. The summed E-state index contributed by atoms with van der Waals surface area (Å²) in [7, 11) is 0. The number of carbonyl (C=O) groups is 1. The van der Waals surface area contributed by atoms with E-state index in [4.69, 9.17) is 0 Å². The topological polar surface area (TPSA) is 137 Å². The van der Waals surface area contributed by atoms with Crippen molar-refractivity contribution >= 4 is 33.9 Å². The molecular weight excluding hydrogens is 400 g/mol. The number of hydrogen-bond acceptors (Lipinski definition) is 5. The van der Waals surface area contributed by atoms with Crippen LogP contribution in [0, 0.1) is 10.1 Å². The zero-order chi connectivity index (χ0) is 22.0. The molecule has 0 aliphatic rings. The lowest BCUT2D eigenvalue weighted by atomic mass is 10.00. The molecule has 0 spiro atoms. The van der Waals surface area contributed by atoms with E-state index in [2.05, 4.69) is 15.6 Å². The number of nitrogens with one attached hydrogen (secondary N) is 3. The fraction of sp³-hybridized carbons (Fsp3) is 0. The molecule has 0 aliphatic heterocycles. The fourth-order valence-corrected chi connectivity index (χ4v) is 3.25. The first-order chi connectivity index (χ1) is 14.9. The number of benzene rings is 3. The molecule has 0 saturated heterocycles. The van der Waals surface area contributed by atoms with Crippen molar-refractivity contribution < 1.29 is 14.8 Å². The summed E-state index contributed by atoms with van der Waals surface area (Å²) in [5.41, 5.74) is 1.77. The number of aromatic nitrogens is 1. The SMILES string of the molecule is O=C(Nc1ccc([N+](=O)[O-])cc1)Nc1cccc(-c2c[nH]c(=O)c3cccc(O)c23)c1. The van der Waals surface area contributed by atoms with Crippen LogP contribution in [-0.2, 0) is 0 Å². The highest BCUT2D eigenvalue weighted by molar-refractivity contribution is 6.02. The van der Waals surface area contributed by atoms with Gasteiger partial charge < -0.3 is 20.7 Å². The van der Waals surface area contributed by atoms with Crippen LogP contribution in [0.4, 0.5) is 21.9 Å². The van der Waals surface area contributed by atoms with Crippen LogP contribution in [0.1, 0.15) is 0 Å². The zero-order valence-electron chi connectivity index (χ0n) is 16.0. The van der Waals surface area contributed by atoms with Crippen LogP contribution in [-0.4, -0.2) is 21.0 Å². The van der Waals surface area contributed by atoms with Gasteiger partial charge in [0.1, 0.15) is 5.75 Å². The summed E-state index contributed by atoms with van der Waals surface area (Å²) in [6.07, 6.45) is 1.51. The molecule has 0 saturated carbocycles. The molecule has 2 amide bonds. The van der Waals surface area contributed by atoms with Gasteiger partial charge >= 0.3 is 6.03 Å². The van der Waals surface area contributed by atoms with Gasteiger partial charge in [-0.3, -0.25) is 14.9 Å². The summed E-state index contributed by atoms with van der Waals surface area (Å²) in [6.45, 7) is 0. The highest BCUT2D eigenvalue weighted by Crippen LogP contribution is 2.33. The van der Waals surface area contributed by atoms with Gasteiger partial charge in [-0.15, -0.1) is 0 Å². The number of H-pyrrole nitrogens is 1. The van der Waals surface area contributed by atoms with Gasteiger partial charge in [0.05, 0.1) is 10.3 Å². The number of urea groups is 1. The number of anilines is 2. The Labute approximate surface area is 175 Å². The van der Waals surface area contributed by atoms with E-state index in [1.807, 2.05) is 0 Å². The van der Waals surface area contributed by atoms with Crippen LogP contribution in [0.3, 0.4) is 0 Å². The first-order valence-corrected chi connectivity index (χ1v) is 9.18. The first-order valence-electron chi connectivity index (χ1n) is 9.18. The van der Waals surface area contributed by atoms with Crippen molar-refractivity contribution in [3.8, 4) is 16.9 Å². The number of phenolic OH excluding ortho intramolecular Hbond substituents is 1. The number of aromatic amines is 1. The van der Waals surface area contributed by atoms with Crippen molar-refractivity contribution in [2.45, 2.75) is 0 Å². The minimum absolute atomic E-state index is 0.0205. The predicted octanol–water partition coefficient (Wildman–Crippen LogP) is 4.45. The van der Waals surface area contributed by atoms with Gasteiger partial charge in [0.25, 0.3) is 11.2 Å². The van der Waals surface area contributed by atoms with Crippen molar-refractivity contribution in [1.82, 2.24) is 4.98 Å². The van der Waals surface area contributed by atoms with Crippen molar-refractivity contribution in [3.63, 3.8) is 0 Å². The average Bonchev–Trinajstić information content (AvgIpc) is 2.75. The number of nitro benzene ring substituents is 1. The van der Waals surface area contributed by atoms with Gasteiger partial charge in [-0.25, -0.2) is 4.79 Å². The molecule has 0 unspecified atom stereocenters. The number of hydrogen-bond donors (Lipinski definition) is 4. The van der Waals surface area contributed by atoms with Crippen molar-refractivity contribution in [3.05, 3.63) is 93.4 Å². The summed E-state index contributed by atoms with van der Waals surface area (Å²) >= 11 is 0. The highest BCUT2D eigenvalue weighted by Gasteiger charge is 2.12. The molecule has 0 aliphatic carbocycles. The molecule has 0 bridgehead atoms. The van der Waals surface area contributed by atoms with Gasteiger partial charge in [0.2, 0.25) is 0 Å². The zero-order valence-corrected chi connectivity index (χ0v) is 16.0. The van der Waals surface area contributed by atoms with Crippen LogP contribution in [0.25, 0.3) is 21.9 Å². The van der Waals surface area contributed by atoms with Gasteiger partial charge in [0, 0.05) is 40.7 Å². The monoisotopic (exact) mass is 416 g/mol. The van der Waals surface area contributed by atoms with Crippen LogP contribution >= 0.6 is 0 Å². The van der Waals surface area contributed by atoms with Crippen molar-refractivity contribution in [1.29, 1.82) is 0 Å². The van der Waals surface area contributed by atoms with Gasteiger partial charge in [0.15, 0.2) is 0 Å². The minimum Gasteiger partial charge on any atom is -0.507 e. The number of phenols is 1. The predicted molar refractivity (Wildman–Crippen MR) is 117 cm³/mol. The second kappa shape index (κ2) is 7.99. The second-order valence-corrected chi connectivity index (χ2v) is 6.70. The van der Waals surface area contributed by atoms with E-state index in [0.29, 0.717) is 33.3 Å². The van der Waals surface area contributed by atoms with E-state index in [-0.39, 0.29) is 17.0 Å². The van der Waals surface area contributed by atoms with E-state index in [0.717, 1.165) is 0 Å². The minimum atomic E-state index is -0.528. The molecule has 31 heavy (non-hydrogen) atoms. The number of fused-ring (bicyclic) bond motifs is 1. The number of nitrogens with zero attached hydrogens (tertiary/aromatic N) is 1. The van der Waals surface area contributed by atoms with Crippen molar-refractivity contribution in [2.75, 3.05) is 10.6 Å². The Morgan fingerprint density at radius 3 is 2.42 bits per heavy atom. The maximum absolute atomic E-state index is 12.3. The smallest absolute Gasteiger partial charge is 0.323 e. The maximum Gasteiger partial charge on any atom is 0.323 e. The van der Waals surface area contributed by atoms with E-state index in [1.54, 1.807) is 36.4 Å². The van der Waals surface area contributed by atoms with Crippen LogP contribution < -0.4 is 16.2 Å². The summed E-state index contributed by atoms with van der Waals surface area (Å²) in [4.78, 5) is 37.3. The Hall–Kier alpha value is -4.66. The molecule has 9 nitrogen and oxygen atoms in total. The maximum atomic E-state index is 12.3. The average molecular weight is 416 g/mol. The van der Waals surface area contributed by atoms with Crippen LogP contribution in [0.5, 0.6) is 5.75 Å². The Morgan fingerprint density at radius 1 is 0.968 bits per heavy atom. The van der Waals surface area contributed by atoms with Gasteiger partial charge in [-0.05, 0) is 42.0 Å². The number of nitro groups is 1. The Morgan fingerprint density at radius 2 is 1.68 bits per heavy atom. The first kappa shape index (κ1) is 19.6. The lowest BCUT2D eigenvalue weighted by molar-refractivity contribution is -0.384. The molecule has 0 fully saturated rings. The third kappa shape index (κ3) is 4.06. The summed E-state index contributed by atoms with van der Waals surface area (Å²) in [5, 5.41) is 27.1. The number of rotatable bonds is 4. The molecule has 4 rings (SSSR count). The van der Waals surface area contributed by atoms with Crippen molar-refractivity contribution in [2.24, 2.45) is 0 Å². The summed E-state index contributed by atoms with van der Waals surface area (Å²) < 4.78 is 0. The van der Waals surface area contributed by atoms with E-state index in [9.17, 15) is 24.8 Å². The summed E-state index contributed by atoms with van der Waals surface area (Å²) in [5.74, 6) is -0.0205. The standard InChI is InChI=1S/C22H16N4O5/c27-19-6-2-5-17-20(19)18(12-23-21(17)28)13-3-1-4-15(11-13)25-22(29)24-14-7-9-16(10-8-14)26(30)31/h1-12,27H,(H,23,28)(H2,24,25,29). The third-order valence-electron chi connectivity index (χ3n) is 4.67. The molecule has 3 aromatic carbocycles. The highest BCUT2D eigenvalue weighted by atomic mass is 16.6. The Balaban J connectivity index is 1.59. The molecule has 1 heterocycles. The second-order valence-electron chi connectivity index (χ2n) is 6.70. The molecule has 0 radical (unpaired) electrons. The molecule has 0 atom stereocenters. The lowest BCUT2D eigenvalue weighted by Gasteiger charge is -2.11. The van der Waals surface area contributed by atoms with E-state index >= 15 is 0 Å². The Bertz CT molecular complexity index is 1360. The number of aromatic hydroxyl groups is 1. The van der Waals surface area contributed by atoms with Gasteiger partial charge in [-0.1, -0.05) is 18.2 Å². The third-order valence-corrected chi connectivity index (χ3v) is 4.67. The largest absolute Gasteiger partial charge is 0.507 e. The molecule has 1 aromatic heterocycles. The number of non-ortho nitro benzene ring substituents is 1. The molecular formula is C22H16N4O5. The van der Waals surface area contributed by atoms with Crippen LogP contribution in [0.15, 0.2) is 77.7 Å². The lowest BCUT2D eigenvalue weighted by Crippen LogP contribution is -2.19. The van der Waals surface area contributed by atoms with E-state index < -0.39 is 11.0 Å². The fourth-order valence-electron chi connectivity index (χ4n) is 3.25. The molecule has 4 N–H and O–H groups in total. The summed E-state index contributed by atoms with van der Waals surface area (Å²) in [6, 6.07) is 16.6. The van der Waals surface area contributed by atoms with Gasteiger partial charge in [-0.2, -0.15) is 0 Å².